The summed E-state index contributed by atoms with van der Waals surface area (Å²) in [5.74, 6) is 0.651. The van der Waals surface area contributed by atoms with Crippen LogP contribution in [0.1, 0.15) is 52.9 Å². The maximum atomic E-state index is 12.1. The predicted molar refractivity (Wildman–Crippen MR) is 76.8 cm³/mol. The third-order valence-electron chi connectivity index (χ3n) is 4.00. The van der Waals surface area contributed by atoms with E-state index in [1.807, 2.05) is 0 Å². The molecule has 2 nitrogen and oxygen atoms in total. The summed E-state index contributed by atoms with van der Waals surface area (Å²) in [5.41, 5.74) is 0. The molecule has 1 saturated heterocycles. The summed E-state index contributed by atoms with van der Waals surface area (Å²) in [7, 11) is 0. The molecule has 0 aliphatic carbocycles. The molecule has 0 amide bonds. The first-order valence-electron chi connectivity index (χ1n) is 7.86. The molecule has 0 radical (unpaired) electrons. The highest BCUT2D eigenvalue weighted by Crippen LogP contribution is 2.23. The van der Waals surface area contributed by atoms with E-state index in [1.54, 1.807) is 0 Å². The van der Waals surface area contributed by atoms with E-state index in [0.717, 1.165) is 32.5 Å². The van der Waals surface area contributed by atoms with Crippen molar-refractivity contribution in [3.05, 3.63) is 0 Å². The Morgan fingerprint density at radius 1 is 1.25 bits per heavy atom. The first kappa shape index (κ1) is 17.8. The molecule has 2 unspecified atom stereocenters. The smallest absolute Gasteiger partial charge is 0.311 e. The Morgan fingerprint density at radius 3 is 2.50 bits per heavy atom. The number of alkyl halides is 3. The standard InChI is InChI=1S/C15H29F3N2/c1-4-14-10-19-13(9-12(2)3)11-20(14)8-6-5-7-15(16,17)18/h12-14,19H,4-11H2,1-3H3. The van der Waals surface area contributed by atoms with Crippen LogP contribution in [0.15, 0.2) is 0 Å². The number of rotatable bonds is 7. The van der Waals surface area contributed by atoms with Crippen LogP contribution in [0.3, 0.4) is 0 Å². The van der Waals surface area contributed by atoms with Gasteiger partial charge >= 0.3 is 6.18 Å². The Hall–Kier alpha value is -0.290. The molecule has 2 atom stereocenters. The topological polar surface area (TPSA) is 15.3 Å². The predicted octanol–water partition coefficient (Wildman–Crippen LogP) is 3.82. The molecule has 0 spiro atoms. The molecule has 1 fully saturated rings. The van der Waals surface area contributed by atoms with E-state index >= 15 is 0 Å². The van der Waals surface area contributed by atoms with Gasteiger partial charge < -0.3 is 5.32 Å². The Labute approximate surface area is 121 Å². The number of unbranched alkanes of at least 4 members (excludes halogenated alkanes) is 1. The van der Waals surface area contributed by atoms with E-state index < -0.39 is 12.6 Å². The van der Waals surface area contributed by atoms with Crippen LogP contribution in [-0.4, -0.2) is 42.8 Å². The molecular formula is C15H29F3N2. The summed E-state index contributed by atoms with van der Waals surface area (Å²) in [6.45, 7) is 9.31. The summed E-state index contributed by atoms with van der Waals surface area (Å²) < 4.78 is 36.4. The number of hydrogen-bond acceptors (Lipinski definition) is 2. The van der Waals surface area contributed by atoms with Gasteiger partial charge in [0.25, 0.3) is 0 Å². The molecule has 1 heterocycles. The number of hydrogen-bond donors (Lipinski definition) is 1. The second-order valence-corrected chi connectivity index (χ2v) is 6.36. The molecule has 0 saturated carbocycles. The van der Waals surface area contributed by atoms with Crippen LogP contribution < -0.4 is 5.32 Å². The SMILES string of the molecule is CCC1CNC(CC(C)C)CN1CCCCC(F)(F)F. The molecule has 0 aromatic rings. The summed E-state index contributed by atoms with van der Waals surface area (Å²) in [6.07, 6.45) is -1.57. The van der Waals surface area contributed by atoms with E-state index in [2.05, 4.69) is 31.0 Å². The van der Waals surface area contributed by atoms with Gasteiger partial charge in [0.05, 0.1) is 0 Å². The maximum Gasteiger partial charge on any atom is 0.389 e. The lowest BCUT2D eigenvalue weighted by molar-refractivity contribution is -0.135. The van der Waals surface area contributed by atoms with Crippen LogP contribution in [-0.2, 0) is 0 Å². The Bertz CT molecular complexity index is 266. The van der Waals surface area contributed by atoms with E-state index in [1.165, 1.54) is 0 Å². The fourth-order valence-electron chi connectivity index (χ4n) is 2.97. The zero-order valence-electron chi connectivity index (χ0n) is 13.0. The molecule has 0 aromatic carbocycles. The van der Waals surface area contributed by atoms with Gasteiger partial charge in [-0.25, -0.2) is 0 Å². The van der Waals surface area contributed by atoms with Crippen molar-refractivity contribution in [2.45, 2.75) is 71.1 Å². The summed E-state index contributed by atoms with van der Waals surface area (Å²) in [5, 5.41) is 3.57. The molecule has 20 heavy (non-hydrogen) atoms. The average Bonchev–Trinajstić information content (AvgIpc) is 2.33. The average molecular weight is 294 g/mol. The molecule has 5 heteroatoms. The summed E-state index contributed by atoms with van der Waals surface area (Å²) in [6, 6.07) is 0.963. The third-order valence-corrected chi connectivity index (χ3v) is 4.00. The molecule has 1 aliphatic heterocycles. The number of nitrogens with one attached hydrogen (secondary N) is 1. The third kappa shape index (κ3) is 6.93. The van der Waals surface area contributed by atoms with Gasteiger partial charge in [-0.3, -0.25) is 4.90 Å². The van der Waals surface area contributed by atoms with E-state index in [0.29, 0.717) is 24.4 Å². The zero-order valence-corrected chi connectivity index (χ0v) is 13.0. The molecule has 1 aliphatic rings. The monoisotopic (exact) mass is 294 g/mol. The Kier molecular flexibility index (Phi) is 7.30. The number of nitrogens with zero attached hydrogens (tertiary/aromatic N) is 1. The van der Waals surface area contributed by atoms with Crippen molar-refractivity contribution in [3.63, 3.8) is 0 Å². The normalized spacial score (nSPS) is 25.4. The van der Waals surface area contributed by atoms with Crippen molar-refractivity contribution >= 4 is 0 Å². The lowest BCUT2D eigenvalue weighted by Gasteiger charge is -2.40. The molecule has 1 rings (SSSR count). The summed E-state index contributed by atoms with van der Waals surface area (Å²) >= 11 is 0. The van der Waals surface area contributed by atoms with Crippen LogP contribution in [0.2, 0.25) is 0 Å². The molecule has 0 bridgehead atoms. The minimum atomic E-state index is -4.01. The largest absolute Gasteiger partial charge is 0.389 e. The molecular weight excluding hydrogens is 265 g/mol. The van der Waals surface area contributed by atoms with Gasteiger partial charge in [0.15, 0.2) is 0 Å². The van der Waals surface area contributed by atoms with Crippen LogP contribution in [0.25, 0.3) is 0 Å². The van der Waals surface area contributed by atoms with Crippen molar-refractivity contribution in [2.75, 3.05) is 19.6 Å². The van der Waals surface area contributed by atoms with Crippen molar-refractivity contribution in [1.29, 1.82) is 0 Å². The van der Waals surface area contributed by atoms with Gasteiger partial charge in [-0.1, -0.05) is 20.8 Å². The zero-order chi connectivity index (χ0) is 15.2. The number of piperazine rings is 1. The van der Waals surface area contributed by atoms with Crippen molar-refractivity contribution in [3.8, 4) is 0 Å². The minimum absolute atomic E-state index is 0.249. The highest BCUT2D eigenvalue weighted by Gasteiger charge is 2.28. The first-order valence-corrected chi connectivity index (χ1v) is 7.86. The fraction of sp³-hybridized carbons (Fsp3) is 1.00. The van der Waals surface area contributed by atoms with Gasteiger partial charge in [-0.15, -0.1) is 0 Å². The van der Waals surface area contributed by atoms with Crippen LogP contribution >= 0.6 is 0 Å². The van der Waals surface area contributed by atoms with Gasteiger partial charge in [-0.2, -0.15) is 13.2 Å². The van der Waals surface area contributed by atoms with Crippen molar-refractivity contribution in [2.24, 2.45) is 5.92 Å². The van der Waals surface area contributed by atoms with Gasteiger partial charge in [-0.05, 0) is 38.1 Å². The van der Waals surface area contributed by atoms with Crippen LogP contribution in [0.4, 0.5) is 13.2 Å². The quantitative estimate of drug-likeness (QED) is 0.718. The molecule has 120 valence electrons. The lowest BCUT2D eigenvalue weighted by atomic mass is 9.98. The molecule has 0 aromatic heterocycles. The van der Waals surface area contributed by atoms with Gasteiger partial charge in [0.1, 0.15) is 0 Å². The van der Waals surface area contributed by atoms with E-state index in [9.17, 15) is 13.2 Å². The fourth-order valence-corrected chi connectivity index (χ4v) is 2.97. The lowest BCUT2D eigenvalue weighted by Crippen LogP contribution is -2.56. The second kappa shape index (κ2) is 8.23. The van der Waals surface area contributed by atoms with Gasteiger partial charge in [0.2, 0.25) is 0 Å². The Morgan fingerprint density at radius 2 is 1.95 bits per heavy atom. The first-order chi connectivity index (χ1) is 9.31. The Balaban J connectivity index is 2.34. The minimum Gasteiger partial charge on any atom is -0.311 e. The molecule has 1 N–H and O–H groups in total. The maximum absolute atomic E-state index is 12.1. The van der Waals surface area contributed by atoms with Gasteiger partial charge in [0, 0.05) is 31.6 Å². The van der Waals surface area contributed by atoms with Crippen LogP contribution in [0, 0.1) is 5.92 Å². The van der Waals surface area contributed by atoms with Crippen molar-refractivity contribution in [1.82, 2.24) is 10.2 Å². The highest BCUT2D eigenvalue weighted by molar-refractivity contribution is 4.85. The summed E-state index contributed by atoms with van der Waals surface area (Å²) in [4.78, 5) is 2.39. The van der Waals surface area contributed by atoms with Crippen LogP contribution in [0.5, 0.6) is 0 Å². The van der Waals surface area contributed by atoms with E-state index in [-0.39, 0.29) is 6.42 Å². The van der Waals surface area contributed by atoms with Crippen molar-refractivity contribution < 1.29 is 13.2 Å². The number of halogens is 3. The highest BCUT2D eigenvalue weighted by atomic mass is 19.4. The van der Waals surface area contributed by atoms with E-state index in [4.69, 9.17) is 0 Å². The second-order valence-electron chi connectivity index (χ2n) is 6.36.